The summed E-state index contributed by atoms with van der Waals surface area (Å²) in [6.45, 7) is 3.97. The molecule has 72 valence electrons. The first-order valence-electron chi connectivity index (χ1n) is 4.65. The SMILES string of the molecule is C=C1C=Cc2ccc(NC)cc2N1C. The van der Waals surface area contributed by atoms with Crippen LogP contribution in [0.3, 0.4) is 0 Å². The fourth-order valence-electron chi connectivity index (χ4n) is 1.58. The minimum Gasteiger partial charge on any atom is -0.388 e. The minimum atomic E-state index is 1.02. The first-order chi connectivity index (χ1) is 6.72. The smallest absolute Gasteiger partial charge is 0.0502 e. The van der Waals surface area contributed by atoms with Crippen molar-refractivity contribution >= 4 is 17.5 Å². The van der Waals surface area contributed by atoms with Crippen LogP contribution in [-0.2, 0) is 0 Å². The summed E-state index contributed by atoms with van der Waals surface area (Å²) in [5.74, 6) is 0. The Morgan fingerprint density at radius 3 is 2.79 bits per heavy atom. The second-order valence-corrected chi connectivity index (χ2v) is 3.41. The zero-order valence-corrected chi connectivity index (χ0v) is 8.54. The zero-order valence-electron chi connectivity index (χ0n) is 8.54. The summed E-state index contributed by atoms with van der Waals surface area (Å²) in [6.07, 6.45) is 4.12. The fourth-order valence-corrected chi connectivity index (χ4v) is 1.58. The summed E-state index contributed by atoms with van der Waals surface area (Å²) in [5.41, 5.74) is 4.58. The summed E-state index contributed by atoms with van der Waals surface area (Å²) >= 11 is 0. The Kier molecular flexibility index (Phi) is 2.04. The maximum atomic E-state index is 3.97. The van der Waals surface area contributed by atoms with Gasteiger partial charge in [0, 0.05) is 25.5 Å². The predicted octanol–water partition coefficient (Wildman–Crippen LogP) is 2.71. The molecule has 0 unspecified atom stereocenters. The van der Waals surface area contributed by atoms with E-state index < -0.39 is 0 Å². The van der Waals surface area contributed by atoms with Crippen LogP contribution in [0.15, 0.2) is 36.6 Å². The fraction of sp³-hybridized carbons (Fsp3) is 0.167. The molecule has 1 N–H and O–H groups in total. The first-order valence-corrected chi connectivity index (χ1v) is 4.65. The van der Waals surface area contributed by atoms with E-state index in [1.165, 1.54) is 11.3 Å². The van der Waals surface area contributed by atoms with Gasteiger partial charge in [-0.3, -0.25) is 0 Å². The van der Waals surface area contributed by atoms with E-state index in [1.54, 1.807) is 0 Å². The molecule has 1 aliphatic heterocycles. The van der Waals surface area contributed by atoms with Crippen molar-refractivity contribution in [2.75, 3.05) is 24.3 Å². The van der Waals surface area contributed by atoms with Crippen molar-refractivity contribution in [2.24, 2.45) is 0 Å². The number of likely N-dealkylation sites (N-methyl/N-ethyl adjacent to an activating group) is 1. The zero-order chi connectivity index (χ0) is 10.1. The lowest BCUT2D eigenvalue weighted by molar-refractivity contribution is 1.13. The van der Waals surface area contributed by atoms with Crippen LogP contribution in [0.4, 0.5) is 11.4 Å². The largest absolute Gasteiger partial charge is 0.388 e. The molecule has 14 heavy (non-hydrogen) atoms. The van der Waals surface area contributed by atoms with E-state index in [9.17, 15) is 0 Å². The van der Waals surface area contributed by atoms with E-state index >= 15 is 0 Å². The molecule has 0 saturated heterocycles. The van der Waals surface area contributed by atoms with Gasteiger partial charge in [-0.15, -0.1) is 0 Å². The van der Waals surface area contributed by atoms with Crippen molar-refractivity contribution in [1.82, 2.24) is 0 Å². The molecular weight excluding hydrogens is 172 g/mol. The third-order valence-electron chi connectivity index (χ3n) is 2.57. The Labute approximate surface area is 84.5 Å². The second-order valence-electron chi connectivity index (χ2n) is 3.41. The quantitative estimate of drug-likeness (QED) is 0.725. The molecule has 0 amide bonds. The first kappa shape index (κ1) is 8.88. The van der Waals surface area contributed by atoms with Crippen molar-refractivity contribution < 1.29 is 0 Å². The van der Waals surface area contributed by atoms with Gasteiger partial charge in [0.15, 0.2) is 0 Å². The number of allylic oxidation sites excluding steroid dienone is 1. The van der Waals surface area contributed by atoms with Gasteiger partial charge in [0.1, 0.15) is 0 Å². The van der Waals surface area contributed by atoms with Crippen LogP contribution in [0.2, 0.25) is 0 Å². The summed E-state index contributed by atoms with van der Waals surface area (Å²) in [7, 11) is 3.96. The van der Waals surface area contributed by atoms with Gasteiger partial charge >= 0.3 is 0 Å². The lowest BCUT2D eigenvalue weighted by atomic mass is 10.1. The Balaban J connectivity index is 2.53. The maximum Gasteiger partial charge on any atom is 0.0502 e. The van der Waals surface area contributed by atoms with Crippen LogP contribution >= 0.6 is 0 Å². The van der Waals surface area contributed by atoms with Crippen molar-refractivity contribution in [3.63, 3.8) is 0 Å². The highest BCUT2D eigenvalue weighted by Gasteiger charge is 2.11. The van der Waals surface area contributed by atoms with Gasteiger partial charge in [-0.1, -0.05) is 18.7 Å². The van der Waals surface area contributed by atoms with Crippen molar-refractivity contribution in [2.45, 2.75) is 0 Å². The van der Waals surface area contributed by atoms with E-state index in [0.29, 0.717) is 0 Å². The Morgan fingerprint density at radius 2 is 2.07 bits per heavy atom. The Morgan fingerprint density at radius 1 is 1.29 bits per heavy atom. The van der Waals surface area contributed by atoms with Gasteiger partial charge < -0.3 is 10.2 Å². The molecule has 2 nitrogen and oxygen atoms in total. The molecule has 1 aliphatic rings. The normalized spacial score (nSPS) is 14.1. The molecule has 0 aliphatic carbocycles. The highest BCUT2D eigenvalue weighted by Crippen LogP contribution is 2.31. The van der Waals surface area contributed by atoms with Crippen LogP contribution in [-0.4, -0.2) is 14.1 Å². The number of nitrogens with zero attached hydrogens (tertiary/aromatic N) is 1. The maximum absolute atomic E-state index is 3.97. The Hall–Kier alpha value is -1.70. The Bertz CT molecular complexity index is 405. The number of hydrogen-bond donors (Lipinski definition) is 1. The molecule has 0 saturated carbocycles. The lowest BCUT2D eigenvalue weighted by Gasteiger charge is -2.26. The predicted molar refractivity (Wildman–Crippen MR) is 62.6 cm³/mol. The summed E-state index contributed by atoms with van der Waals surface area (Å²) in [4.78, 5) is 2.09. The van der Waals surface area contributed by atoms with Crippen LogP contribution in [0.5, 0.6) is 0 Å². The van der Waals surface area contributed by atoms with Crippen molar-refractivity contribution in [3.8, 4) is 0 Å². The van der Waals surface area contributed by atoms with Gasteiger partial charge in [-0.25, -0.2) is 0 Å². The molecule has 2 rings (SSSR count). The third kappa shape index (κ3) is 1.29. The van der Waals surface area contributed by atoms with Gasteiger partial charge in [0.2, 0.25) is 0 Å². The van der Waals surface area contributed by atoms with E-state index in [-0.39, 0.29) is 0 Å². The second kappa shape index (κ2) is 3.22. The van der Waals surface area contributed by atoms with E-state index in [1.807, 2.05) is 20.2 Å². The number of fused-ring (bicyclic) bond motifs is 1. The summed E-state index contributed by atoms with van der Waals surface area (Å²) < 4.78 is 0. The number of benzene rings is 1. The third-order valence-corrected chi connectivity index (χ3v) is 2.57. The molecule has 1 aromatic rings. The molecule has 0 atom stereocenters. The molecular formula is C12H14N2. The molecule has 1 aromatic carbocycles. The summed E-state index contributed by atoms with van der Waals surface area (Å²) in [5, 5.41) is 3.13. The van der Waals surface area contributed by atoms with E-state index in [0.717, 1.165) is 11.4 Å². The molecule has 0 aromatic heterocycles. The van der Waals surface area contributed by atoms with Crippen LogP contribution in [0.1, 0.15) is 5.56 Å². The monoisotopic (exact) mass is 186 g/mol. The highest BCUT2D eigenvalue weighted by atomic mass is 15.1. The van der Waals surface area contributed by atoms with Crippen LogP contribution in [0.25, 0.3) is 6.08 Å². The number of anilines is 2. The molecule has 0 fully saturated rings. The summed E-state index contributed by atoms with van der Waals surface area (Å²) in [6, 6.07) is 6.32. The standard InChI is InChI=1S/C12H14N2/c1-9-4-5-10-6-7-11(13-2)8-12(10)14(9)3/h4-8,13H,1H2,2-3H3. The number of rotatable bonds is 1. The highest BCUT2D eigenvalue weighted by molar-refractivity contribution is 5.78. The van der Waals surface area contributed by atoms with Gasteiger partial charge in [0.25, 0.3) is 0 Å². The van der Waals surface area contributed by atoms with Crippen molar-refractivity contribution in [3.05, 3.63) is 42.1 Å². The topological polar surface area (TPSA) is 15.3 Å². The minimum absolute atomic E-state index is 1.02. The number of hydrogen-bond acceptors (Lipinski definition) is 2. The molecule has 0 bridgehead atoms. The molecule has 0 radical (unpaired) electrons. The molecule has 2 heteroatoms. The average molecular weight is 186 g/mol. The van der Waals surface area contributed by atoms with Crippen molar-refractivity contribution in [1.29, 1.82) is 0 Å². The van der Waals surface area contributed by atoms with Gasteiger partial charge in [0.05, 0.1) is 5.69 Å². The average Bonchev–Trinajstić information content (AvgIpc) is 2.23. The van der Waals surface area contributed by atoms with E-state index in [2.05, 4.69) is 41.1 Å². The molecule has 0 spiro atoms. The number of nitrogens with one attached hydrogen (secondary N) is 1. The van der Waals surface area contributed by atoms with E-state index in [4.69, 9.17) is 0 Å². The van der Waals surface area contributed by atoms with Crippen LogP contribution < -0.4 is 10.2 Å². The lowest BCUT2D eigenvalue weighted by Crippen LogP contribution is -2.17. The molecule has 1 heterocycles. The van der Waals surface area contributed by atoms with Gasteiger partial charge in [-0.2, -0.15) is 0 Å². The van der Waals surface area contributed by atoms with Gasteiger partial charge in [-0.05, 0) is 23.8 Å². The van der Waals surface area contributed by atoms with Crippen LogP contribution in [0, 0.1) is 0 Å².